The Balaban J connectivity index is 2.12. The van der Waals surface area contributed by atoms with Crippen LogP contribution in [0.15, 0.2) is 23.2 Å². The lowest BCUT2D eigenvalue weighted by molar-refractivity contribution is 0.354. The fourth-order valence-corrected chi connectivity index (χ4v) is 8.28. The molecule has 3 atom stereocenters. The first-order valence-electron chi connectivity index (χ1n) is 10.7. The lowest BCUT2D eigenvalue weighted by Crippen LogP contribution is -2.32. The molecule has 0 saturated heterocycles. The smallest absolute Gasteiger partial charge is 0.175 e. The number of aliphatic imine (C=N–C) groups is 1. The van der Waals surface area contributed by atoms with Crippen molar-refractivity contribution in [3.05, 3.63) is 23.8 Å². The molecule has 8 heteroatoms. The minimum absolute atomic E-state index is 0.282. The molecule has 0 bridgehead atoms. The standard InChI is InChI=1S/C23H30N4O2S2/c1-5-7-11-30-23(31-12-8-6-2)22(15-25)19(21(22,14-24)20(26)27-23)16-9-10-17(28-3)18(13-16)29-4/h9-10,13,19H,5-8,11-12H2,1-4H3,(H2,26,27). The van der Waals surface area contributed by atoms with E-state index in [-0.39, 0.29) is 11.8 Å². The number of nitrogens with two attached hydrogens (primary N) is 1. The van der Waals surface area contributed by atoms with E-state index in [0.29, 0.717) is 11.5 Å². The summed E-state index contributed by atoms with van der Waals surface area (Å²) in [5.41, 5.74) is 5.17. The SMILES string of the molecule is CCCCSC1(SCCCC)N=C(N)C2(C#N)C(c3ccc(OC)c(OC)c3)C12C#N. The summed E-state index contributed by atoms with van der Waals surface area (Å²) in [6, 6.07) is 10.6. The molecular weight excluding hydrogens is 428 g/mol. The molecule has 6 nitrogen and oxygen atoms in total. The number of methoxy groups -OCH3 is 2. The van der Waals surface area contributed by atoms with Crippen molar-refractivity contribution in [3.8, 4) is 23.6 Å². The number of nitriles is 2. The third-order valence-corrected chi connectivity index (χ3v) is 9.56. The van der Waals surface area contributed by atoms with Crippen LogP contribution in [0.4, 0.5) is 0 Å². The van der Waals surface area contributed by atoms with E-state index < -0.39 is 15.0 Å². The number of benzene rings is 1. The monoisotopic (exact) mass is 458 g/mol. The van der Waals surface area contributed by atoms with Crippen LogP contribution in [0.2, 0.25) is 0 Å². The quantitative estimate of drug-likeness (QED) is 0.371. The van der Waals surface area contributed by atoms with Crippen molar-refractivity contribution in [3.63, 3.8) is 0 Å². The van der Waals surface area contributed by atoms with Crippen LogP contribution >= 0.6 is 23.5 Å². The number of unbranched alkanes of at least 4 members (excludes halogenated alkanes) is 2. The van der Waals surface area contributed by atoms with Gasteiger partial charge in [0.2, 0.25) is 0 Å². The van der Waals surface area contributed by atoms with Crippen molar-refractivity contribution in [1.82, 2.24) is 0 Å². The molecule has 1 aliphatic heterocycles. The van der Waals surface area contributed by atoms with Crippen molar-refractivity contribution in [2.24, 2.45) is 21.6 Å². The Hall–Kier alpha value is -2.03. The third kappa shape index (κ3) is 3.27. The summed E-state index contributed by atoms with van der Waals surface area (Å²) in [7, 11) is 3.16. The van der Waals surface area contributed by atoms with E-state index in [1.54, 1.807) is 37.7 Å². The Bertz CT molecular complexity index is 928. The lowest BCUT2D eigenvalue weighted by Gasteiger charge is -2.32. The second-order valence-corrected chi connectivity index (χ2v) is 10.7. The van der Waals surface area contributed by atoms with Gasteiger partial charge in [0.15, 0.2) is 15.7 Å². The largest absolute Gasteiger partial charge is 0.493 e. The summed E-state index contributed by atoms with van der Waals surface area (Å²) in [6.07, 6.45) is 4.17. The van der Waals surface area contributed by atoms with E-state index in [0.717, 1.165) is 42.8 Å². The molecule has 0 radical (unpaired) electrons. The van der Waals surface area contributed by atoms with E-state index in [2.05, 4.69) is 26.0 Å². The van der Waals surface area contributed by atoms with Gasteiger partial charge >= 0.3 is 0 Å². The van der Waals surface area contributed by atoms with Crippen LogP contribution in [0.1, 0.15) is 51.0 Å². The van der Waals surface area contributed by atoms with Crippen LogP contribution in [0.3, 0.4) is 0 Å². The van der Waals surface area contributed by atoms with Gasteiger partial charge in [0.05, 0.1) is 26.4 Å². The van der Waals surface area contributed by atoms with Gasteiger partial charge in [0.1, 0.15) is 16.7 Å². The van der Waals surface area contributed by atoms with Gasteiger partial charge in [-0.15, -0.1) is 23.5 Å². The number of hydrogen-bond acceptors (Lipinski definition) is 8. The van der Waals surface area contributed by atoms with E-state index >= 15 is 0 Å². The van der Waals surface area contributed by atoms with E-state index in [4.69, 9.17) is 20.2 Å². The molecule has 1 heterocycles. The Morgan fingerprint density at radius 2 is 1.65 bits per heavy atom. The first-order valence-corrected chi connectivity index (χ1v) is 12.6. The van der Waals surface area contributed by atoms with Gasteiger partial charge < -0.3 is 15.2 Å². The van der Waals surface area contributed by atoms with Gasteiger partial charge in [-0.1, -0.05) is 32.8 Å². The van der Waals surface area contributed by atoms with Crippen molar-refractivity contribution in [2.45, 2.75) is 49.7 Å². The molecule has 2 aliphatic rings. The molecule has 166 valence electrons. The molecule has 0 amide bonds. The molecule has 1 aromatic rings. The zero-order chi connectivity index (χ0) is 22.7. The van der Waals surface area contributed by atoms with Gasteiger partial charge in [-0.3, -0.25) is 0 Å². The van der Waals surface area contributed by atoms with Gasteiger partial charge in [-0.25, -0.2) is 4.99 Å². The molecule has 1 fully saturated rings. The predicted molar refractivity (Wildman–Crippen MR) is 127 cm³/mol. The molecule has 2 N–H and O–H groups in total. The molecule has 1 aliphatic carbocycles. The maximum atomic E-state index is 10.6. The van der Waals surface area contributed by atoms with E-state index in [1.807, 2.05) is 18.2 Å². The maximum absolute atomic E-state index is 10.6. The number of fused-ring (bicyclic) bond motifs is 1. The van der Waals surface area contributed by atoms with Crippen LogP contribution in [-0.2, 0) is 0 Å². The average molecular weight is 459 g/mol. The molecule has 3 unspecified atom stereocenters. The molecule has 3 rings (SSSR count). The number of rotatable bonds is 11. The highest BCUT2D eigenvalue weighted by atomic mass is 32.2. The molecule has 0 aromatic heterocycles. The first kappa shape index (κ1) is 23.6. The zero-order valence-electron chi connectivity index (χ0n) is 18.6. The van der Waals surface area contributed by atoms with E-state index in [9.17, 15) is 10.5 Å². The van der Waals surface area contributed by atoms with Crippen molar-refractivity contribution >= 4 is 29.4 Å². The van der Waals surface area contributed by atoms with Crippen LogP contribution in [0, 0.1) is 33.5 Å². The fraction of sp³-hybridized carbons (Fsp3) is 0.609. The maximum Gasteiger partial charge on any atom is 0.175 e. The van der Waals surface area contributed by atoms with Gasteiger partial charge in [-0.2, -0.15) is 10.5 Å². The second-order valence-electron chi connectivity index (χ2n) is 7.87. The van der Waals surface area contributed by atoms with Crippen molar-refractivity contribution in [1.29, 1.82) is 10.5 Å². The van der Waals surface area contributed by atoms with Crippen LogP contribution < -0.4 is 15.2 Å². The first-order chi connectivity index (χ1) is 15.0. The summed E-state index contributed by atoms with van der Waals surface area (Å²) in [5.74, 6) is 2.84. The average Bonchev–Trinajstić information content (AvgIpc) is 3.37. The molecule has 0 spiro atoms. The minimum Gasteiger partial charge on any atom is -0.493 e. The molecule has 31 heavy (non-hydrogen) atoms. The topological polar surface area (TPSA) is 104 Å². The van der Waals surface area contributed by atoms with E-state index in [1.165, 1.54) is 0 Å². The van der Waals surface area contributed by atoms with Gasteiger partial charge in [0, 0.05) is 5.92 Å². The van der Waals surface area contributed by atoms with Crippen LogP contribution in [0.5, 0.6) is 11.5 Å². The highest BCUT2D eigenvalue weighted by molar-refractivity contribution is 8.18. The Labute approximate surface area is 193 Å². The van der Waals surface area contributed by atoms with Gasteiger partial charge in [0.25, 0.3) is 0 Å². The number of ether oxygens (including phenoxy) is 2. The summed E-state index contributed by atoms with van der Waals surface area (Å²) >= 11 is 3.36. The zero-order valence-corrected chi connectivity index (χ0v) is 20.2. The molecule has 1 saturated carbocycles. The van der Waals surface area contributed by atoms with Crippen LogP contribution in [-0.4, -0.2) is 35.8 Å². The lowest BCUT2D eigenvalue weighted by atomic mass is 9.97. The van der Waals surface area contributed by atoms with Crippen molar-refractivity contribution < 1.29 is 9.47 Å². The minimum atomic E-state index is -1.13. The second kappa shape index (κ2) is 9.22. The Morgan fingerprint density at radius 1 is 1.03 bits per heavy atom. The summed E-state index contributed by atoms with van der Waals surface area (Å²) < 4.78 is 10.1. The number of thioether (sulfide) groups is 2. The predicted octanol–water partition coefficient (Wildman–Crippen LogP) is 4.91. The molecule has 1 aromatic carbocycles. The summed E-state index contributed by atoms with van der Waals surface area (Å²) in [4.78, 5) is 4.85. The Morgan fingerprint density at radius 3 is 2.13 bits per heavy atom. The third-order valence-electron chi connectivity index (χ3n) is 6.26. The number of hydrogen-bond donors (Lipinski definition) is 1. The number of amidine groups is 1. The Kier molecular flexibility index (Phi) is 7.03. The summed E-state index contributed by atoms with van der Waals surface area (Å²) in [6.45, 7) is 4.29. The highest BCUT2D eigenvalue weighted by Gasteiger charge is 2.92. The van der Waals surface area contributed by atoms with Gasteiger partial charge in [-0.05, 0) is 42.0 Å². The fourth-order valence-electron chi connectivity index (χ4n) is 4.60. The molecular formula is C23H30N4O2S2. The highest BCUT2D eigenvalue weighted by Crippen LogP contribution is 2.85. The van der Waals surface area contributed by atoms with Crippen LogP contribution in [0.25, 0.3) is 0 Å². The van der Waals surface area contributed by atoms with Crippen molar-refractivity contribution in [2.75, 3.05) is 25.7 Å². The normalized spacial score (nSPS) is 27.5. The number of nitrogens with zero attached hydrogens (tertiary/aromatic N) is 3. The summed E-state index contributed by atoms with van der Waals surface area (Å²) in [5, 5.41) is 20.9.